The van der Waals surface area contributed by atoms with E-state index < -0.39 is 0 Å². The smallest absolute Gasteiger partial charge is 0.278 e. The van der Waals surface area contributed by atoms with Crippen molar-refractivity contribution in [3.05, 3.63) is 53.5 Å². The zero-order valence-electron chi connectivity index (χ0n) is 12.6. The fourth-order valence-electron chi connectivity index (χ4n) is 2.46. The van der Waals surface area contributed by atoms with Crippen molar-refractivity contribution in [1.82, 2.24) is 15.1 Å². The first-order chi connectivity index (χ1) is 11.6. The monoisotopic (exact) mass is 341 g/mol. The fourth-order valence-corrected chi connectivity index (χ4v) is 3.17. The lowest BCUT2D eigenvalue weighted by molar-refractivity contribution is 0.0684. The Morgan fingerprint density at radius 2 is 1.75 bits per heavy atom. The largest absolute Gasteiger partial charge is 0.469 e. The third kappa shape index (κ3) is 2.31. The zero-order valence-corrected chi connectivity index (χ0v) is 13.4. The van der Waals surface area contributed by atoms with Crippen LogP contribution in [-0.4, -0.2) is 32.8 Å². The first kappa shape index (κ1) is 14.7. The lowest BCUT2D eigenvalue weighted by atomic mass is 10.1. The van der Waals surface area contributed by atoms with Crippen molar-refractivity contribution in [3.8, 4) is 11.5 Å². The Bertz CT molecular complexity index is 911. The summed E-state index contributed by atoms with van der Waals surface area (Å²) in [6.45, 7) is 1.80. The van der Waals surface area contributed by atoms with Gasteiger partial charge in [-0.3, -0.25) is 14.5 Å². The standard InChI is InChI=1S/C16H11N3O4S/c1-9-10(6-7-22-9)13-17-18-16(23-13)24-8-19-14(20)11-4-2-3-5-12(11)15(19)21/h2-7H,8H2,1H3. The van der Waals surface area contributed by atoms with E-state index in [9.17, 15) is 9.59 Å². The van der Waals surface area contributed by atoms with Gasteiger partial charge in [0.2, 0.25) is 0 Å². The minimum atomic E-state index is -0.312. The molecule has 1 aliphatic rings. The van der Waals surface area contributed by atoms with Gasteiger partial charge in [-0.25, -0.2) is 0 Å². The van der Waals surface area contributed by atoms with Crippen LogP contribution in [0.15, 0.2) is 50.7 Å². The van der Waals surface area contributed by atoms with Crippen molar-refractivity contribution in [2.75, 3.05) is 5.88 Å². The summed E-state index contributed by atoms with van der Waals surface area (Å²) in [5.74, 6) is 0.502. The Kier molecular flexibility index (Phi) is 3.46. The van der Waals surface area contributed by atoms with E-state index in [-0.39, 0.29) is 22.9 Å². The lowest BCUT2D eigenvalue weighted by Gasteiger charge is -2.11. The minimum absolute atomic E-state index is 0.109. The number of carbonyl (C=O) groups is 2. The average molecular weight is 341 g/mol. The summed E-state index contributed by atoms with van der Waals surface area (Å²) in [7, 11) is 0. The van der Waals surface area contributed by atoms with Crippen LogP contribution in [0, 0.1) is 6.92 Å². The van der Waals surface area contributed by atoms with Crippen LogP contribution in [0.1, 0.15) is 26.5 Å². The molecule has 0 saturated carbocycles. The van der Waals surface area contributed by atoms with Crippen LogP contribution in [0.5, 0.6) is 0 Å². The summed E-state index contributed by atoms with van der Waals surface area (Å²) in [6.07, 6.45) is 1.54. The van der Waals surface area contributed by atoms with Gasteiger partial charge in [0.05, 0.1) is 28.8 Å². The topological polar surface area (TPSA) is 89.4 Å². The van der Waals surface area contributed by atoms with E-state index in [1.807, 2.05) is 0 Å². The molecule has 0 fully saturated rings. The molecule has 1 aliphatic heterocycles. The van der Waals surface area contributed by atoms with Gasteiger partial charge in [-0.1, -0.05) is 12.1 Å². The minimum Gasteiger partial charge on any atom is -0.469 e. The Morgan fingerprint density at radius 3 is 2.38 bits per heavy atom. The fraction of sp³-hybridized carbons (Fsp3) is 0.125. The molecule has 8 heteroatoms. The van der Waals surface area contributed by atoms with Gasteiger partial charge in [0.15, 0.2) is 0 Å². The second kappa shape index (κ2) is 5.64. The number of fused-ring (bicyclic) bond motifs is 1. The number of amides is 2. The number of thioether (sulfide) groups is 1. The predicted octanol–water partition coefficient (Wildman–Crippen LogP) is 2.98. The molecule has 0 spiro atoms. The summed E-state index contributed by atoms with van der Waals surface area (Å²) in [5.41, 5.74) is 1.56. The van der Waals surface area contributed by atoms with Gasteiger partial charge in [0.1, 0.15) is 5.76 Å². The third-order valence-corrected chi connectivity index (χ3v) is 4.49. The molecule has 0 unspecified atom stereocenters. The molecule has 0 N–H and O–H groups in total. The molecule has 120 valence electrons. The zero-order chi connectivity index (χ0) is 16.7. The summed E-state index contributed by atoms with van der Waals surface area (Å²) in [6, 6.07) is 8.50. The molecule has 0 saturated heterocycles. The van der Waals surface area contributed by atoms with Crippen molar-refractivity contribution < 1.29 is 18.4 Å². The van der Waals surface area contributed by atoms with Crippen LogP contribution in [0.25, 0.3) is 11.5 Å². The van der Waals surface area contributed by atoms with E-state index in [1.54, 1.807) is 43.5 Å². The number of aromatic nitrogens is 2. The first-order valence-electron chi connectivity index (χ1n) is 7.11. The van der Waals surface area contributed by atoms with Crippen LogP contribution in [-0.2, 0) is 0 Å². The molecule has 3 aromatic rings. The summed E-state index contributed by atoms with van der Waals surface area (Å²) < 4.78 is 10.7. The van der Waals surface area contributed by atoms with Crippen molar-refractivity contribution in [2.45, 2.75) is 12.1 Å². The maximum absolute atomic E-state index is 12.3. The van der Waals surface area contributed by atoms with Crippen LogP contribution in [0.2, 0.25) is 0 Å². The SMILES string of the molecule is Cc1occc1-c1nnc(SCN2C(=O)c3ccccc3C2=O)o1. The highest BCUT2D eigenvalue weighted by Crippen LogP contribution is 2.29. The van der Waals surface area contributed by atoms with Crippen molar-refractivity contribution in [3.63, 3.8) is 0 Å². The summed E-state index contributed by atoms with van der Waals surface area (Å²) in [5, 5.41) is 8.16. The molecular weight excluding hydrogens is 330 g/mol. The van der Waals surface area contributed by atoms with E-state index >= 15 is 0 Å². The van der Waals surface area contributed by atoms with Crippen LogP contribution < -0.4 is 0 Å². The van der Waals surface area contributed by atoms with Gasteiger partial charge in [0, 0.05) is 0 Å². The third-order valence-electron chi connectivity index (χ3n) is 3.69. The van der Waals surface area contributed by atoms with Crippen LogP contribution >= 0.6 is 11.8 Å². The summed E-state index contributed by atoms with van der Waals surface area (Å²) >= 11 is 1.13. The Morgan fingerprint density at radius 1 is 1.04 bits per heavy atom. The number of hydrogen-bond acceptors (Lipinski definition) is 7. The quantitative estimate of drug-likeness (QED) is 0.532. The van der Waals surface area contributed by atoms with E-state index in [2.05, 4.69) is 10.2 Å². The highest BCUT2D eigenvalue weighted by molar-refractivity contribution is 7.99. The molecule has 3 heterocycles. The second-order valence-electron chi connectivity index (χ2n) is 5.12. The number of benzene rings is 1. The van der Waals surface area contributed by atoms with E-state index in [4.69, 9.17) is 8.83 Å². The van der Waals surface area contributed by atoms with Gasteiger partial charge >= 0.3 is 0 Å². The maximum Gasteiger partial charge on any atom is 0.278 e. The first-order valence-corrected chi connectivity index (χ1v) is 8.09. The van der Waals surface area contributed by atoms with E-state index in [1.165, 1.54) is 4.90 Å². The van der Waals surface area contributed by atoms with Crippen molar-refractivity contribution in [1.29, 1.82) is 0 Å². The molecule has 0 atom stereocenters. The number of furan rings is 1. The predicted molar refractivity (Wildman–Crippen MR) is 84.4 cm³/mol. The molecule has 0 bridgehead atoms. The van der Waals surface area contributed by atoms with Crippen LogP contribution in [0.4, 0.5) is 0 Å². The normalized spacial score (nSPS) is 13.6. The number of carbonyl (C=O) groups excluding carboxylic acids is 2. The highest BCUT2D eigenvalue weighted by Gasteiger charge is 2.35. The number of nitrogens with zero attached hydrogens (tertiary/aromatic N) is 3. The summed E-state index contributed by atoms with van der Waals surface area (Å²) in [4.78, 5) is 25.7. The average Bonchev–Trinajstić information content (AvgIpc) is 3.27. The number of aryl methyl sites for hydroxylation is 1. The number of rotatable bonds is 4. The van der Waals surface area contributed by atoms with Gasteiger partial charge in [-0.05, 0) is 36.9 Å². The molecule has 2 aromatic heterocycles. The Balaban J connectivity index is 1.49. The molecule has 2 amide bonds. The van der Waals surface area contributed by atoms with Crippen molar-refractivity contribution in [2.24, 2.45) is 0 Å². The molecule has 4 rings (SSSR count). The van der Waals surface area contributed by atoms with Crippen LogP contribution in [0.3, 0.4) is 0 Å². The Hall–Kier alpha value is -2.87. The molecular formula is C16H11N3O4S. The number of hydrogen-bond donors (Lipinski definition) is 0. The lowest BCUT2D eigenvalue weighted by Crippen LogP contribution is -2.29. The van der Waals surface area contributed by atoms with Gasteiger partial charge < -0.3 is 8.83 Å². The van der Waals surface area contributed by atoms with Gasteiger partial charge in [-0.15, -0.1) is 10.2 Å². The highest BCUT2D eigenvalue weighted by atomic mass is 32.2. The molecule has 0 aliphatic carbocycles. The molecule has 7 nitrogen and oxygen atoms in total. The van der Waals surface area contributed by atoms with Gasteiger partial charge in [-0.2, -0.15) is 0 Å². The van der Waals surface area contributed by atoms with Gasteiger partial charge in [0.25, 0.3) is 22.9 Å². The molecule has 0 radical (unpaired) electrons. The van der Waals surface area contributed by atoms with E-state index in [0.29, 0.717) is 22.8 Å². The maximum atomic E-state index is 12.3. The van der Waals surface area contributed by atoms with Crippen molar-refractivity contribution >= 4 is 23.6 Å². The molecule has 24 heavy (non-hydrogen) atoms. The van der Waals surface area contributed by atoms with E-state index in [0.717, 1.165) is 17.3 Å². The second-order valence-corrected chi connectivity index (χ2v) is 6.02. The molecule has 1 aromatic carbocycles. The Labute approximate surface area is 140 Å². The number of imide groups is 1.